The molecule has 1 heterocycles. The first kappa shape index (κ1) is 13.3. The second kappa shape index (κ2) is 6.14. The predicted octanol–water partition coefficient (Wildman–Crippen LogP) is 3.85. The van der Waals surface area contributed by atoms with Gasteiger partial charge < -0.3 is 5.32 Å². The molecule has 98 valence electrons. The van der Waals surface area contributed by atoms with E-state index in [1.807, 2.05) is 13.2 Å². The Kier molecular flexibility index (Phi) is 4.54. The van der Waals surface area contributed by atoms with Gasteiger partial charge in [0.1, 0.15) is 0 Å². The Morgan fingerprint density at radius 1 is 1.22 bits per heavy atom. The molecule has 0 radical (unpaired) electrons. The number of hydrogen-bond donors (Lipinski definition) is 1. The van der Waals surface area contributed by atoms with E-state index in [-0.39, 0.29) is 0 Å². The van der Waals surface area contributed by atoms with Crippen molar-refractivity contribution in [2.45, 2.75) is 52.0 Å². The van der Waals surface area contributed by atoms with Gasteiger partial charge in [-0.05, 0) is 57.7 Å². The van der Waals surface area contributed by atoms with Crippen LogP contribution in [0.3, 0.4) is 0 Å². The van der Waals surface area contributed by atoms with Crippen LogP contribution in [-0.2, 0) is 0 Å². The Morgan fingerprint density at radius 2 is 2.06 bits per heavy atom. The third-order valence-corrected chi connectivity index (χ3v) is 3.76. The van der Waals surface area contributed by atoms with Crippen molar-refractivity contribution in [2.75, 3.05) is 7.05 Å². The van der Waals surface area contributed by atoms with Crippen LogP contribution in [0.2, 0.25) is 0 Å². The van der Waals surface area contributed by atoms with E-state index in [0.717, 1.165) is 0 Å². The van der Waals surface area contributed by atoms with Gasteiger partial charge in [0.25, 0.3) is 0 Å². The summed E-state index contributed by atoms with van der Waals surface area (Å²) in [5.41, 5.74) is 5.24. The van der Waals surface area contributed by atoms with E-state index in [1.54, 1.807) is 0 Å². The minimum atomic E-state index is 0.295. The van der Waals surface area contributed by atoms with Crippen LogP contribution in [0.1, 0.15) is 55.0 Å². The van der Waals surface area contributed by atoms with E-state index < -0.39 is 0 Å². The first-order valence-corrected chi connectivity index (χ1v) is 7.01. The predicted molar refractivity (Wildman–Crippen MR) is 76.7 cm³/mol. The summed E-state index contributed by atoms with van der Waals surface area (Å²) in [6, 6.07) is 2.52. The largest absolute Gasteiger partial charge is 0.308 e. The minimum absolute atomic E-state index is 0.295. The van der Waals surface area contributed by atoms with Crippen molar-refractivity contribution in [1.82, 2.24) is 10.3 Å². The molecule has 1 aliphatic carbocycles. The number of nitrogens with one attached hydrogen (secondary N) is 1. The average molecular weight is 244 g/mol. The lowest BCUT2D eigenvalue weighted by atomic mass is 9.96. The average Bonchev–Trinajstić information content (AvgIpc) is 2.62. The van der Waals surface area contributed by atoms with Crippen molar-refractivity contribution < 1.29 is 0 Å². The zero-order chi connectivity index (χ0) is 13.0. The van der Waals surface area contributed by atoms with Gasteiger partial charge in [0.05, 0.1) is 11.7 Å². The van der Waals surface area contributed by atoms with Crippen molar-refractivity contribution in [1.29, 1.82) is 0 Å². The van der Waals surface area contributed by atoms with Crippen LogP contribution in [0.15, 0.2) is 23.9 Å². The van der Waals surface area contributed by atoms with Gasteiger partial charge in [0, 0.05) is 6.20 Å². The molecule has 1 unspecified atom stereocenters. The molecule has 0 saturated heterocycles. The first-order chi connectivity index (χ1) is 8.72. The van der Waals surface area contributed by atoms with E-state index in [9.17, 15) is 0 Å². The Bertz CT molecular complexity index is 435. The van der Waals surface area contributed by atoms with E-state index in [0.29, 0.717) is 6.04 Å². The fraction of sp³-hybridized carbons (Fsp3) is 0.562. The zero-order valence-corrected chi connectivity index (χ0v) is 11.8. The molecule has 2 heteroatoms. The standard InChI is InChI=1S/C16H24N2/c1-12-10-13(2)15(18-11-12)16(17-3)14-8-6-4-5-7-9-14/h8,10-11,16-17H,4-7,9H2,1-3H3. The summed E-state index contributed by atoms with van der Waals surface area (Å²) in [5, 5.41) is 3.45. The third kappa shape index (κ3) is 2.99. The SMILES string of the molecule is CNC(C1=CCCCCC1)c1ncc(C)cc1C. The van der Waals surface area contributed by atoms with E-state index in [4.69, 9.17) is 0 Å². The zero-order valence-electron chi connectivity index (χ0n) is 11.8. The maximum absolute atomic E-state index is 4.65. The monoisotopic (exact) mass is 244 g/mol. The molecule has 0 spiro atoms. The fourth-order valence-electron chi connectivity index (χ4n) is 2.83. The molecule has 0 bridgehead atoms. The fourth-order valence-corrected chi connectivity index (χ4v) is 2.83. The Balaban J connectivity index is 2.29. The highest BCUT2D eigenvalue weighted by atomic mass is 14.9. The maximum Gasteiger partial charge on any atom is 0.0711 e. The van der Waals surface area contributed by atoms with Crippen molar-refractivity contribution >= 4 is 0 Å². The molecule has 1 aromatic rings. The summed E-state index contributed by atoms with van der Waals surface area (Å²) in [6.45, 7) is 4.26. The van der Waals surface area contributed by atoms with Crippen molar-refractivity contribution in [2.24, 2.45) is 0 Å². The second-order valence-corrected chi connectivity index (χ2v) is 5.31. The topological polar surface area (TPSA) is 24.9 Å². The molecule has 0 fully saturated rings. The number of allylic oxidation sites excluding steroid dienone is 1. The van der Waals surface area contributed by atoms with Gasteiger partial charge in [-0.3, -0.25) is 4.98 Å². The van der Waals surface area contributed by atoms with Gasteiger partial charge in [-0.2, -0.15) is 0 Å². The normalized spacial score (nSPS) is 18.1. The van der Waals surface area contributed by atoms with Crippen molar-refractivity contribution in [3.8, 4) is 0 Å². The lowest BCUT2D eigenvalue weighted by molar-refractivity contribution is 0.612. The van der Waals surface area contributed by atoms with E-state index >= 15 is 0 Å². The maximum atomic E-state index is 4.65. The summed E-state index contributed by atoms with van der Waals surface area (Å²) >= 11 is 0. The van der Waals surface area contributed by atoms with E-state index in [2.05, 4.69) is 36.3 Å². The Hall–Kier alpha value is -1.15. The number of likely N-dealkylation sites (N-methyl/N-ethyl adjacent to an activating group) is 1. The van der Waals surface area contributed by atoms with Gasteiger partial charge in [-0.15, -0.1) is 0 Å². The molecule has 0 saturated carbocycles. The summed E-state index contributed by atoms with van der Waals surface area (Å²) in [7, 11) is 2.04. The lowest BCUT2D eigenvalue weighted by Gasteiger charge is -2.21. The van der Waals surface area contributed by atoms with Crippen LogP contribution < -0.4 is 5.32 Å². The number of hydrogen-bond acceptors (Lipinski definition) is 2. The lowest BCUT2D eigenvalue weighted by Crippen LogP contribution is -2.21. The number of pyridine rings is 1. The Labute approximate surface area is 111 Å². The second-order valence-electron chi connectivity index (χ2n) is 5.31. The molecule has 2 rings (SSSR count). The molecule has 18 heavy (non-hydrogen) atoms. The summed E-state index contributed by atoms with van der Waals surface area (Å²) in [5.74, 6) is 0. The summed E-state index contributed by atoms with van der Waals surface area (Å²) in [4.78, 5) is 4.65. The van der Waals surface area contributed by atoms with E-state index in [1.165, 1.54) is 54.5 Å². The molecule has 1 atom stereocenters. The number of nitrogens with zero attached hydrogens (tertiary/aromatic N) is 1. The number of aryl methyl sites for hydroxylation is 2. The van der Waals surface area contributed by atoms with Gasteiger partial charge >= 0.3 is 0 Å². The third-order valence-electron chi connectivity index (χ3n) is 3.76. The van der Waals surface area contributed by atoms with Gasteiger partial charge in [-0.25, -0.2) is 0 Å². The summed E-state index contributed by atoms with van der Waals surface area (Å²) < 4.78 is 0. The Morgan fingerprint density at radius 3 is 2.78 bits per heavy atom. The molecular formula is C16H24N2. The van der Waals surface area contributed by atoms with Crippen LogP contribution in [0.4, 0.5) is 0 Å². The molecule has 0 amide bonds. The van der Waals surface area contributed by atoms with Gasteiger partial charge in [0.2, 0.25) is 0 Å². The molecule has 1 aromatic heterocycles. The van der Waals surface area contributed by atoms with Crippen LogP contribution in [-0.4, -0.2) is 12.0 Å². The number of aromatic nitrogens is 1. The number of rotatable bonds is 3. The van der Waals surface area contributed by atoms with Crippen LogP contribution >= 0.6 is 0 Å². The summed E-state index contributed by atoms with van der Waals surface area (Å²) in [6.07, 6.45) is 10.8. The van der Waals surface area contributed by atoms with Crippen molar-refractivity contribution in [3.05, 3.63) is 40.7 Å². The van der Waals surface area contributed by atoms with Crippen LogP contribution in [0, 0.1) is 13.8 Å². The highest BCUT2D eigenvalue weighted by Gasteiger charge is 2.18. The quantitative estimate of drug-likeness (QED) is 0.817. The van der Waals surface area contributed by atoms with Gasteiger partial charge in [-0.1, -0.05) is 24.1 Å². The van der Waals surface area contributed by atoms with Crippen LogP contribution in [0.25, 0.3) is 0 Å². The molecule has 1 aliphatic rings. The first-order valence-electron chi connectivity index (χ1n) is 7.01. The molecule has 0 aromatic carbocycles. The molecular weight excluding hydrogens is 220 g/mol. The molecule has 0 aliphatic heterocycles. The van der Waals surface area contributed by atoms with Gasteiger partial charge in [0.15, 0.2) is 0 Å². The highest BCUT2D eigenvalue weighted by Crippen LogP contribution is 2.29. The molecule has 2 nitrogen and oxygen atoms in total. The van der Waals surface area contributed by atoms with Crippen molar-refractivity contribution in [3.63, 3.8) is 0 Å². The van der Waals surface area contributed by atoms with Crippen LogP contribution in [0.5, 0.6) is 0 Å². The highest BCUT2D eigenvalue weighted by molar-refractivity contribution is 5.31. The molecule has 1 N–H and O–H groups in total. The minimum Gasteiger partial charge on any atom is -0.308 e. The smallest absolute Gasteiger partial charge is 0.0711 e.